The number of imide groups is 1. The maximum atomic E-state index is 14.2. The van der Waals surface area contributed by atoms with Gasteiger partial charge in [0.15, 0.2) is 11.5 Å². The number of anilines is 1. The summed E-state index contributed by atoms with van der Waals surface area (Å²) in [5.41, 5.74) is 3.43. The van der Waals surface area contributed by atoms with Gasteiger partial charge in [-0.05, 0) is 55.2 Å². The highest BCUT2D eigenvalue weighted by Gasteiger charge is 2.43. The van der Waals surface area contributed by atoms with Crippen LogP contribution in [0.2, 0.25) is 0 Å². The fourth-order valence-corrected chi connectivity index (χ4v) is 6.57. The maximum Gasteiger partial charge on any atom is 0.274 e. The first kappa shape index (κ1) is 31.5. The Morgan fingerprint density at radius 3 is 2.23 bits per heavy atom. The van der Waals surface area contributed by atoms with E-state index >= 15 is 0 Å². The van der Waals surface area contributed by atoms with Gasteiger partial charge in [-0.25, -0.2) is 9.86 Å². The third kappa shape index (κ3) is 6.58. The van der Waals surface area contributed by atoms with Crippen LogP contribution in [0.5, 0.6) is 11.5 Å². The summed E-state index contributed by atoms with van der Waals surface area (Å²) in [6, 6.07) is 20.7. The molecule has 2 atom stereocenters. The molecule has 0 aromatic heterocycles. The fourth-order valence-electron chi connectivity index (χ4n) is 6.14. The number of piperazine rings is 1. The number of amides is 2. The van der Waals surface area contributed by atoms with Crippen molar-refractivity contribution < 1.29 is 27.5 Å². The number of nitrogens with one attached hydrogen (secondary N) is 1. The molecule has 5 rings (SSSR count). The normalized spacial score (nSPS) is 17.0. The summed E-state index contributed by atoms with van der Waals surface area (Å²) in [6.07, 6.45) is 0.631. The maximum absolute atomic E-state index is 14.2. The Labute approximate surface area is 258 Å². The zero-order chi connectivity index (χ0) is 31.4. The SMILES string of the molecule is COc1ccc([C@@H](CCCNS(N)(=O)=O)N2C(=O)c3cccc(N4CCN([C@H](C)c5ccccc5)CC4)c3C2=O)cc1OC. The Balaban J connectivity index is 1.40. The molecule has 3 aromatic rings. The molecular formula is C32H39N5O6S. The standard InChI is InChI=1S/C32H39N5O6S/c1-22(23-9-5-4-6-10-23)35-17-19-36(20-18-35)27-12-7-11-25-30(27)32(39)37(31(25)38)26(13-8-16-34-44(33,40)41)24-14-15-28(42-2)29(21-24)43-3/h4-7,9-12,14-15,21-22,26,34H,8,13,16-20H2,1-3H3,(H2,33,40,41)/t22-,26-/m1/s1. The Morgan fingerprint density at radius 2 is 1.57 bits per heavy atom. The number of nitrogens with two attached hydrogens (primary N) is 1. The van der Waals surface area contributed by atoms with Gasteiger partial charge in [-0.3, -0.25) is 19.4 Å². The Morgan fingerprint density at radius 1 is 0.864 bits per heavy atom. The number of hydrogen-bond donors (Lipinski definition) is 2. The number of ether oxygens (including phenoxy) is 2. The average molecular weight is 622 g/mol. The molecule has 2 aliphatic heterocycles. The highest BCUT2D eigenvalue weighted by Crippen LogP contribution is 2.40. The van der Waals surface area contributed by atoms with Crippen molar-refractivity contribution in [2.24, 2.45) is 5.14 Å². The van der Waals surface area contributed by atoms with Gasteiger partial charge in [-0.1, -0.05) is 42.5 Å². The second kappa shape index (κ2) is 13.3. The fraction of sp³-hybridized carbons (Fsp3) is 0.375. The zero-order valence-electron chi connectivity index (χ0n) is 25.2. The molecule has 1 fully saturated rings. The second-order valence-electron chi connectivity index (χ2n) is 11.0. The Bertz CT molecular complexity index is 1610. The van der Waals surface area contributed by atoms with E-state index < -0.39 is 16.3 Å². The van der Waals surface area contributed by atoms with Crippen LogP contribution in [-0.4, -0.2) is 77.0 Å². The molecule has 1 saturated heterocycles. The minimum atomic E-state index is -3.88. The van der Waals surface area contributed by atoms with Crippen molar-refractivity contribution in [1.29, 1.82) is 0 Å². The van der Waals surface area contributed by atoms with Crippen molar-refractivity contribution in [3.63, 3.8) is 0 Å². The number of fused-ring (bicyclic) bond motifs is 1. The first-order valence-electron chi connectivity index (χ1n) is 14.7. The minimum Gasteiger partial charge on any atom is -0.493 e. The van der Waals surface area contributed by atoms with Crippen molar-refractivity contribution >= 4 is 27.7 Å². The van der Waals surface area contributed by atoms with E-state index in [1.165, 1.54) is 24.7 Å². The van der Waals surface area contributed by atoms with Crippen LogP contribution in [0.15, 0.2) is 66.7 Å². The summed E-state index contributed by atoms with van der Waals surface area (Å²) >= 11 is 0. The molecule has 0 aliphatic carbocycles. The lowest BCUT2D eigenvalue weighted by molar-refractivity contribution is 0.0572. The van der Waals surface area contributed by atoms with Crippen LogP contribution in [-0.2, 0) is 10.2 Å². The Kier molecular flexibility index (Phi) is 9.54. The molecule has 0 saturated carbocycles. The van der Waals surface area contributed by atoms with Crippen LogP contribution in [0.3, 0.4) is 0 Å². The van der Waals surface area contributed by atoms with E-state index in [0.717, 1.165) is 18.8 Å². The van der Waals surface area contributed by atoms with E-state index in [1.54, 1.807) is 24.3 Å². The van der Waals surface area contributed by atoms with E-state index in [4.69, 9.17) is 14.6 Å². The highest BCUT2D eigenvalue weighted by atomic mass is 32.2. The second-order valence-corrected chi connectivity index (χ2v) is 12.4. The van der Waals surface area contributed by atoms with Gasteiger partial charge in [-0.2, -0.15) is 8.42 Å². The lowest BCUT2D eigenvalue weighted by atomic mass is 9.99. The van der Waals surface area contributed by atoms with E-state index in [-0.39, 0.29) is 24.4 Å². The zero-order valence-corrected chi connectivity index (χ0v) is 26.0. The number of rotatable bonds is 12. The molecule has 12 heteroatoms. The van der Waals surface area contributed by atoms with E-state index in [0.29, 0.717) is 54.1 Å². The van der Waals surface area contributed by atoms with Gasteiger partial charge in [0.2, 0.25) is 0 Å². The number of carbonyl (C=O) groups excluding carboxylic acids is 2. The molecular weight excluding hydrogens is 582 g/mol. The van der Waals surface area contributed by atoms with Gasteiger partial charge in [0.1, 0.15) is 0 Å². The summed E-state index contributed by atoms with van der Waals surface area (Å²) in [7, 11) is -0.832. The third-order valence-corrected chi connectivity index (χ3v) is 9.08. The molecule has 3 aromatic carbocycles. The molecule has 2 amide bonds. The quantitative estimate of drug-likeness (QED) is 0.232. The summed E-state index contributed by atoms with van der Waals surface area (Å²) in [5, 5.41) is 5.10. The molecule has 0 spiro atoms. The van der Waals surface area contributed by atoms with E-state index in [2.05, 4.69) is 45.7 Å². The molecule has 11 nitrogen and oxygen atoms in total. The molecule has 3 N–H and O–H groups in total. The topological polar surface area (TPSA) is 135 Å². The summed E-state index contributed by atoms with van der Waals surface area (Å²) in [5.74, 6) is 0.205. The lowest BCUT2D eigenvalue weighted by Gasteiger charge is -2.39. The number of carbonyl (C=O) groups is 2. The van der Waals surface area contributed by atoms with Gasteiger partial charge < -0.3 is 14.4 Å². The van der Waals surface area contributed by atoms with Crippen molar-refractivity contribution in [3.05, 3.63) is 89.0 Å². The smallest absolute Gasteiger partial charge is 0.274 e. The van der Waals surface area contributed by atoms with Crippen molar-refractivity contribution in [2.45, 2.75) is 31.8 Å². The summed E-state index contributed by atoms with van der Waals surface area (Å²) in [6.45, 7) is 5.33. The predicted molar refractivity (Wildman–Crippen MR) is 168 cm³/mol. The summed E-state index contributed by atoms with van der Waals surface area (Å²) < 4.78 is 36.0. The van der Waals surface area contributed by atoms with Gasteiger partial charge in [0.25, 0.3) is 22.0 Å². The van der Waals surface area contributed by atoms with Crippen LogP contribution in [0.4, 0.5) is 5.69 Å². The van der Waals surface area contributed by atoms with Crippen LogP contribution in [0.1, 0.15) is 63.7 Å². The van der Waals surface area contributed by atoms with Crippen LogP contribution in [0.25, 0.3) is 0 Å². The molecule has 0 unspecified atom stereocenters. The van der Waals surface area contributed by atoms with Crippen molar-refractivity contribution in [3.8, 4) is 11.5 Å². The minimum absolute atomic E-state index is 0.0583. The average Bonchev–Trinajstić information content (AvgIpc) is 3.29. The molecule has 2 heterocycles. The first-order chi connectivity index (χ1) is 21.1. The van der Waals surface area contributed by atoms with Gasteiger partial charge in [-0.15, -0.1) is 0 Å². The summed E-state index contributed by atoms with van der Waals surface area (Å²) in [4.78, 5) is 34.0. The highest BCUT2D eigenvalue weighted by molar-refractivity contribution is 7.87. The van der Waals surface area contributed by atoms with Crippen LogP contribution >= 0.6 is 0 Å². The van der Waals surface area contributed by atoms with Crippen LogP contribution < -0.4 is 24.2 Å². The number of benzene rings is 3. The van der Waals surface area contributed by atoms with E-state index in [9.17, 15) is 18.0 Å². The van der Waals surface area contributed by atoms with Gasteiger partial charge in [0.05, 0.1) is 37.1 Å². The van der Waals surface area contributed by atoms with Crippen LogP contribution in [0, 0.1) is 0 Å². The first-order valence-corrected chi connectivity index (χ1v) is 16.2. The molecule has 2 aliphatic rings. The molecule has 234 valence electrons. The van der Waals surface area contributed by atoms with Crippen molar-refractivity contribution in [1.82, 2.24) is 14.5 Å². The number of methoxy groups -OCH3 is 2. The number of nitrogens with zero attached hydrogens (tertiary/aromatic N) is 3. The van der Waals surface area contributed by atoms with Gasteiger partial charge >= 0.3 is 0 Å². The molecule has 0 radical (unpaired) electrons. The lowest BCUT2D eigenvalue weighted by Crippen LogP contribution is -2.47. The Hall–Kier alpha value is -3.97. The predicted octanol–water partition coefficient (Wildman–Crippen LogP) is 3.50. The monoisotopic (exact) mass is 621 g/mol. The third-order valence-electron chi connectivity index (χ3n) is 8.47. The largest absolute Gasteiger partial charge is 0.493 e. The van der Waals surface area contributed by atoms with Crippen molar-refractivity contribution in [2.75, 3.05) is 51.8 Å². The molecule has 0 bridgehead atoms. The van der Waals surface area contributed by atoms with Gasteiger partial charge in [0, 0.05) is 38.8 Å². The van der Waals surface area contributed by atoms with E-state index in [1.807, 2.05) is 18.2 Å². The number of hydrogen-bond acceptors (Lipinski definition) is 8. The molecule has 44 heavy (non-hydrogen) atoms.